The van der Waals surface area contributed by atoms with E-state index in [1.165, 1.54) is 28.6 Å². The summed E-state index contributed by atoms with van der Waals surface area (Å²) >= 11 is 0. The number of para-hydroxylation sites is 1. The largest absolute Gasteiger partial charge is 0.491 e. The van der Waals surface area contributed by atoms with E-state index in [-0.39, 0.29) is 16.9 Å². The summed E-state index contributed by atoms with van der Waals surface area (Å²) in [6.07, 6.45) is 2.15. The average molecular weight is 481 g/mol. The Morgan fingerprint density at radius 1 is 1.06 bits per heavy atom. The highest BCUT2D eigenvalue weighted by Crippen LogP contribution is 2.24. The van der Waals surface area contributed by atoms with Crippen LogP contribution in [0, 0.1) is 0 Å². The Hall–Kier alpha value is -3.36. The van der Waals surface area contributed by atoms with Gasteiger partial charge in [0, 0.05) is 30.5 Å². The molecule has 34 heavy (non-hydrogen) atoms. The monoisotopic (exact) mass is 480 g/mol. The highest BCUT2D eigenvalue weighted by atomic mass is 32.2. The molecule has 0 aliphatic carbocycles. The minimum Gasteiger partial charge on any atom is -0.491 e. The number of nitrogens with one attached hydrogen (secondary N) is 1. The second-order valence-corrected chi connectivity index (χ2v) is 9.82. The lowest BCUT2D eigenvalue weighted by atomic mass is 10.2. The predicted molar refractivity (Wildman–Crippen MR) is 132 cm³/mol. The fourth-order valence-electron chi connectivity index (χ4n) is 3.82. The van der Waals surface area contributed by atoms with Crippen LogP contribution in [0.25, 0.3) is 0 Å². The fourth-order valence-corrected chi connectivity index (χ4v) is 5.30. The van der Waals surface area contributed by atoms with Crippen LogP contribution < -0.4 is 14.4 Å². The van der Waals surface area contributed by atoms with Crippen molar-refractivity contribution in [2.75, 3.05) is 29.4 Å². The second kappa shape index (κ2) is 10.7. The lowest BCUT2D eigenvalue weighted by Crippen LogP contribution is -2.30. The Kier molecular flexibility index (Phi) is 7.49. The first-order valence-electron chi connectivity index (χ1n) is 11.3. The van der Waals surface area contributed by atoms with Gasteiger partial charge in [-0.1, -0.05) is 24.3 Å². The van der Waals surface area contributed by atoms with Gasteiger partial charge in [0.25, 0.3) is 15.9 Å². The van der Waals surface area contributed by atoms with Crippen molar-refractivity contribution in [2.45, 2.75) is 30.8 Å². The zero-order valence-corrected chi connectivity index (χ0v) is 19.8. The highest BCUT2D eigenvalue weighted by molar-refractivity contribution is 7.92. The number of carbonyl (C=O) groups excluding carboxylic acids is 1. The second-order valence-electron chi connectivity index (χ2n) is 7.96. The Balaban J connectivity index is 1.42. The SMILES string of the molecule is CCN(c1ccccc1)S(=O)(=O)c1ccc(C(=O)Nc2cccc(OCC3CCCO3)c2)cc1. The lowest BCUT2D eigenvalue weighted by molar-refractivity contribution is 0.0680. The first kappa shape index (κ1) is 23.8. The van der Waals surface area contributed by atoms with Gasteiger partial charge in [-0.05, 0) is 68.3 Å². The Labute approximate surface area is 200 Å². The maximum atomic E-state index is 13.1. The molecule has 0 bridgehead atoms. The molecule has 1 heterocycles. The van der Waals surface area contributed by atoms with Crippen LogP contribution in [0.2, 0.25) is 0 Å². The summed E-state index contributed by atoms with van der Waals surface area (Å²) in [6, 6.07) is 22.0. The molecular weight excluding hydrogens is 452 g/mol. The number of carbonyl (C=O) groups is 1. The van der Waals surface area contributed by atoms with Gasteiger partial charge in [0.15, 0.2) is 0 Å². The van der Waals surface area contributed by atoms with Crippen LogP contribution in [0.4, 0.5) is 11.4 Å². The molecule has 0 saturated carbocycles. The van der Waals surface area contributed by atoms with E-state index >= 15 is 0 Å². The molecule has 1 N–H and O–H groups in total. The van der Waals surface area contributed by atoms with Crippen LogP contribution in [-0.4, -0.2) is 40.2 Å². The fraction of sp³-hybridized carbons (Fsp3) is 0.269. The maximum Gasteiger partial charge on any atom is 0.264 e. The molecule has 178 valence electrons. The molecule has 1 amide bonds. The van der Waals surface area contributed by atoms with E-state index in [9.17, 15) is 13.2 Å². The summed E-state index contributed by atoms with van der Waals surface area (Å²) in [7, 11) is -3.75. The number of amides is 1. The number of hydrogen-bond acceptors (Lipinski definition) is 5. The summed E-state index contributed by atoms with van der Waals surface area (Å²) in [5, 5.41) is 2.83. The van der Waals surface area contributed by atoms with Crippen molar-refractivity contribution in [3.8, 4) is 5.75 Å². The highest BCUT2D eigenvalue weighted by Gasteiger charge is 2.23. The topological polar surface area (TPSA) is 84.9 Å². The molecule has 0 spiro atoms. The minimum absolute atomic E-state index is 0.110. The van der Waals surface area contributed by atoms with Gasteiger partial charge in [0.2, 0.25) is 0 Å². The number of anilines is 2. The van der Waals surface area contributed by atoms with Crippen molar-refractivity contribution in [1.82, 2.24) is 0 Å². The van der Waals surface area contributed by atoms with Gasteiger partial charge in [-0.15, -0.1) is 0 Å². The van der Waals surface area contributed by atoms with E-state index < -0.39 is 10.0 Å². The van der Waals surface area contributed by atoms with Crippen molar-refractivity contribution in [3.05, 3.63) is 84.4 Å². The smallest absolute Gasteiger partial charge is 0.264 e. The van der Waals surface area contributed by atoms with E-state index in [2.05, 4.69) is 5.32 Å². The zero-order valence-electron chi connectivity index (χ0n) is 19.0. The first-order chi connectivity index (χ1) is 16.5. The van der Waals surface area contributed by atoms with Gasteiger partial charge in [-0.3, -0.25) is 9.10 Å². The molecule has 1 unspecified atom stereocenters. The lowest BCUT2D eigenvalue weighted by Gasteiger charge is -2.23. The Morgan fingerprint density at radius 3 is 2.50 bits per heavy atom. The van der Waals surface area contributed by atoms with Crippen LogP contribution in [0.1, 0.15) is 30.1 Å². The third kappa shape index (κ3) is 5.58. The average Bonchev–Trinajstić information content (AvgIpc) is 3.38. The molecule has 1 saturated heterocycles. The van der Waals surface area contributed by atoms with Gasteiger partial charge in [0.05, 0.1) is 16.7 Å². The molecule has 0 aromatic heterocycles. The van der Waals surface area contributed by atoms with Gasteiger partial charge >= 0.3 is 0 Å². The predicted octanol–water partition coefficient (Wildman–Crippen LogP) is 4.71. The summed E-state index contributed by atoms with van der Waals surface area (Å²) in [5.41, 5.74) is 1.54. The van der Waals surface area contributed by atoms with Gasteiger partial charge < -0.3 is 14.8 Å². The molecule has 1 fully saturated rings. The number of nitrogens with zero attached hydrogens (tertiary/aromatic N) is 1. The number of ether oxygens (including phenoxy) is 2. The van der Waals surface area contributed by atoms with Crippen LogP contribution in [0.5, 0.6) is 5.75 Å². The molecule has 0 radical (unpaired) electrons. The van der Waals surface area contributed by atoms with Crippen LogP contribution in [0.15, 0.2) is 83.8 Å². The van der Waals surface area contributed by atoms with Crippen molar-refractivity contribution in [1.29, 1.82) is 0 Å². The van der Waals surface area contributed by atoms with Gasteiger partial charge in [-0.25, -0.2) is 8.42 Å². The molecule has 1 aliphatic rings. The van der Waals surface area contributed by atoms with E-state index in [0.717, 1.165) is 19.4 Å². The van der Waals surface area contributed by atoms with Gasteiger partial charge in [-0.2, -0.15) is 0 Å². The summed E-state index contributed by atoms with van der Waals surface area (Å²) in [5.74, 6) is 0.311. The van der Waals surface area contributed by atoms with E-state index in [0.29, 0.717) is 35.8 Å². The Bertz CT molecular complexity index is 1210. The van der Waals surface area contributed by atoms with E-state index in [1.54, 1.807) is 49.4 Å². The first-order valence-corrected chi connectivity index (χ1v) is 12.7. The molecule has 3 aromatic rings. The van der Waals surface area contributed by atoms with Crippen LogP contribution in [0.3, 0.4) is 0 Å². The van der Waals surface area contributed by atoms with E-state index in [1.807, 2.05) is 12.1 Å². The molecule has 1 atom stereocenters. The zero-order chi connectivity index (χ0) is 24.0. The summed E-state index contributed by atoms with van der Waals surface area (Å²) < 4.78 is 39.0. The summed E-state index contributed by atoms with van der Waals surface area (Å²) in [6.45, 7) is 3.32. The number of hydrogen-bond donors (Lipinski definition) is 1. The standard InChI is InChI=1S/C26H28N2O5S/c1-2-28(22-9-4-3-5-10-22)34(30,31)25-15-13-20(14-16-25)26(29)27-21-8-6-11-23(18-21)33-19-24-12-7-17-32-24/h3-6,8-11,13-16,18,24H,2,7,12,17,19H2,1H3,(H,27,29). The summed E-state index contributed by atoms with van der Waals surface area (Å²) in [4.78, 5) is 12.9. The molecular formula is C26H28N2O5S. The van der Waals surface area contributed by atoms with Crippen molar-refractivity contribution >= 4 is 27.3 Å². The van der Waals surface area contributed by atoms with Crippen LogP contribution in [-0.2, 0) is 14.8 Å². The maximum absolute atomic E-state index is 13.1. The normalized spacial score (nSPS) is 15.6. The van der Waals surface area contributed by atoms with Crippen LogP contribution >= 0.6 is 0 Å². The Morgan fingerprint density at radius 2 is 1.82 bits per heavy atom. The minimum atomic E-state index is -3.75. The molecule has 3 aromatic carbocycles. The number of rotatable bonds is 9. The van der Waals surface area contributed by atoms with Crippen molar-refractivity contribution < 1.29 is 22.7 Å². The molecule has 1 aliphatic heterocycles. The number of benzene rings is 3. The van der Waals surface area contributed by atoms with Crippen molar-refractivity contribution in [2.24, 2.45) is 0 Å². The van der Waals surface area contributed by atoms with Gasteiger partial charge in [0.1, 0.15) is 12.4 Å². The third-order valence-electron chi connectivity index (χ3n) is 5.59. The van der Waals surface area contributed by atoms with E-state index in [4.69, 9.17) is 9.47 Å². The molecule has 4 rings (SSSR count). The number of sulfonamides is 1. The molecule has 7 nitrogen and oxygen atoms in total. The quantitative estimate of drug-likeness (QED) is 0.479. The molecule has 8 heteroatoms. The van der Waals surface area contributed by atoms with Crippen molar-refractivity contribution in [3.63, 3.8) is 0 Å². The third-order valence-corrected chi connectivity index (χ3v) is 7.50.